The van der Waals surface area contributed by atoms with Crippen molar-refractivity contribution < 1.29 is 14.6 Å². The van der Waals surface area contributed by atoms with E-state index in [1.165, 1.54) is 0 Å². The SMILES string of the molecule is COCCNCC1(O)COCc2ccccc21. The zero-order chi connectivity index (χ0) is 12.1. The molecule has 1 heterocycles. The Morgan fingerprint density at radius 3 is 3.12 bits per heavy atom. The third-order valence-electron chi connectivity index (χ3n) is 3.02. The molecular weight excluding hydrogens is 218 g/mol. The van der Waals surface area contributed by atoms with Crippen molar-refractivity contribution in [1.29, 1.82) is 0 Å². The van der Waals surface area contributed by atoms with Crippen LogP contribution in [-0.2, 0) is 21.7 Å². The van der Waals surface area contributed by atoms with Gasteiger partial charge in [-0.3, -0.25) is 0 Å². The molecule has 0 saturated heterocycles. The maximum absolute atomic E-state index is 10.6. The van der Waals surface area contributed by atoms with Crippen LogP contribution in [0.25, 0.3) is 0 Å². The van der Waals surface area contributed by atoms with Gasteiger partial charge in [0.2, 0.25) is 0 Å². The second-order valence-corrected chi connectivity index (χ2v) is 4.35. The molecule has 1 unspecified atom stereocenters. The Labute approximate surface area is 102 Å². The largest absolute Gasteiger partial charge is 0.383 e. The lowest BCUT2D eigenvalue weighted by Crippen LogP contribution is -2.45. The first-order valence-electron chi connectivity index (χ1n) is 5.84. The van der Waals surface area contributed by atoms with Gasteiger partial charge in [-0.2, -0.15) is 0 Å². The Morgan fingerprint density at radius 1 is 1.47 bits per heavy atom. The molecule has 17 heavy (non-hydrogen) atoms. The second kappa shape index (κ2) is 5.60. The Morgan fingerprint density at radius 2 is 2.29 bits per heavy atom. The van der Waals surface area contributed by atoms with Crippen molar-refractivity contribution in [2.24, 2.45) is 0 Å². The molecule has 0 aromatic heterocycles. The quantitative estimate of drug-likeness (QED) is 0.738. The van der Waals surface area contributed by atoms with Crippen molar-refractivity contribution in [2.75, 3.05) is 33.4 Å². The van der Waals surface area contributed by atoms with Gasteiger partial charge in [-0.1, -0.05) is 24.3 Å². The summed E-state index contributed by atoms with van der Waals surface area (Å²) in [4.78, 5) is 0. The molecule has 4 nitrogen and oxygen atoms in total. The second-order valence-electron chi connectivity index (χ2n) is 4.35. The molecule has 0 spiro atoms. The highest BCUT2D eigenvalue weighted by Crippen LogP contribution is 2.29. The Kier molecular flexibility index (Phi) is 4.12. The van der Waals surface area contributed by atoms with Gasteiger partial charge in [0, 0.05) is 20.2 Å². The number of fused-ring (bicyclic) bond motifs is 1. The molecule has 0 amide bonds. The Hall–Kier alpha value is -0.940. The van der Waals surface area contributed by atoms with E-state index in [-0.39, 0.29) is 0 Å². The van der Waals surface area contributed by atoms with Crippen LogP contribution in [0.3, 0.4) is 0 Å². The minimum Gasteiger partial charge on any atom is -0.383 e. The predicted octanol–water partition coefficient (Wildman–Crippen LogP) is 0.640. The number of rotatable bonds is 5. The standard InChI is InChI=1S/C13H19NO3/c1-16-7-6-14-9-13(15)10-17-8-11-4-2-3-5-12(11)13/h2-5,14-15H,6-10H2,1H3. The fraction of sp³-hybridized carbons (Fsp3) is 0.538. The van der Waals surface area contributed by atoms with Gasteiger partial charge in [-0.15, -0.1) is 0 Å². The summed E-state index contributed by atoms with van der Waals surface area (Å²) >= 11 is 0. The van der Waals surface area contributed by atoms with E-state index in [9.17, 15) is 5.11 Å². The van der Waals surface area contributed by atoms with Crippen molar-refractivity contribution in [3.63, 3.8) is 0 Å². The van der Waals surface area contributed by atoms with Crippen LogP contribution in [0.4, 0.5) is 0 Å². The molecular formula is C13H19NO3. The van der Waals surface area contributed by atoms with E-state index in [0.717, 1.165) is 17.7 Å². The van der Waals surface area contributed by atoms with E-state index < -0.39 is 5.60 Å². The smallest absolute Gasteiger partial charge is 0.126 e. The molecule has 1 atom stereocenters. The average molecular weight is 237 g/mol. The highest BCUT2D eigenvalue weighted by atomic mass is 16.5. The molecule has 94 valence electrons. The summed E-state index contributed by atoms with van der Waals surface area (Å²) in [6.45, 7) is 2.76. The van der Waals surface area contributed by atoms with E-state index >= 15 is 0 Å². The fourth-order valence-corrected chi connectivity index (χ4v) is 2.12. The van der Waals surface area contributed by atoms with Crippen molar-refractivity contribution in [3.05, 3.63) is 35.4 Å². The van der Waals surface area contributed by atoms with Gasteiger partial charge in [0.05, 0.1) is 19.8 Å². The summed E-state index contributed by atoms with van der Waals surface area (Å²) in [5, 5.41) is 13.8. The summed E-state index contributed by atoms with van der Waals surface area (Å²) in [6, 6.07) is 7.88. The number of aliphatic hydroxyl groups is 1. The maximum atomic E-state index is 10.6. The summed E-state index contributed by atoms with van der Waals surface area (Å²) in [7, 11) is 1.66. The van der Waals surface area contributed by atoms with Gasteiger partial charge in [0.1, 0.15) is 5.60 Å². The number of nitrogens with one attached hydrogen (secondary N) is 1. The van der Waals surface area contributed by atoms with Crippen LogP contribution >= 0.6 is 0 Å². The van der Waals surface area contributed by atoms with Crippen LogP contribution in [-0.4, -0.2) is 38.5 Å². The summed E-state index contributed by atoms with van der Waals surface area (Å²) in [6.07, 6.45) is 0. The lowest BCUT2D eigenvalue weighted by molar-refractivity contribution is -0.0715. The van der Waals surface area contributed by atoms with Crippen molar-refractivity contribution in [2.45, 2.75) is 12.2 Å². The van der Waals surface area contributed by atoms with Crippen LogP contribution < -0.4 is 5.32 Å². The first-order chi connectivity index (χ1) is 8.26. The Bertz CT molecular complexity index is 369. The first-order valence-corrected chi connectivity index (χ1v) is 5.84. The zero-order valence-corrected chi connectivity index (χ0v) is 10.1. The fourth-order valence-electron chi connectivity index (χ4n) is 2.12. The molecule has 4 heteroatoms. The molecule has 0 aliphatic carbocycles. The highest BCUT2D eigenvalue weighted by molar-refractivity contribution is 5.34. The number of ether oxygens (including phenoxy) is 2. The van der Waals surface area contributed by atoms with E-state index in [1.807, 2.05) is 24.3 Å². The molecule has 2 rings (SSSR count). The Balaban J connectivity index is 2.05. The van der Waals surface area contributed by atoms with Gasteiger partial charge >= 0.3 is 0 Å². The number of benzene rings is 1. The molecule has 1 aromatic carbocycles. The lowest BCUT2D eigenvalue weighted by atomic mass is 9.88. The van der Waals surface area contributed by atoms with Crippen LogP contribution in [0.15, 0.2) is 24.3 Å². The van der Waals surface area contributed by atoms with E-state index in [4.69, 9.17) is 9.47 Å². The molecule has 1 aromatic rings. The lowest BCUT2D eigenvalue weighted by Gasteiger charge is -2.34. The normalized spacial score (nSPS) is 23.4. The van der Waals surface area contributed by atoms with Crippen LogP contribution in [0.5, 0.6) is 0 Å². The van der Waals surface area contributed by atoms with Crippen LogP contribution in [0, 0.1) is 0 Å². The minimum atomic E-state index is -0.928. The molecule has 1 aliphatic heterocycles. The van der Waals surface area contributed by atoms with Crippen molar-refractivity contribution in [1.82, 2.24) is 5.32 Å². The molecule has 0 bridgehead atoms. The molecule has 1 aliphatic rings. The van der Waals surface area contributed by atoms with Crippen molar-refractivity contribution in [3.8, 4) is 0 Å². The first kappa shape index (κ1) is 12.5. The van der Waals surface area contributed by atoms with Crippen LogP contribution in [0.2, 0.25) is 0 Å². The topological polar surface area (TPSA) is 50.7 Å². The third kappa shape index (κ3) is 2.84. The zero-order valence-electron chi connectivity index (χ0n) is 10.1. The van der Waals surface area contributed by atoms with Gasteiger partial charge in [0.25, 0.3) is 0 Å². The van der Waals surface area contributed by atoms with Crippen molar-refractivity contribution >= 4 is 0 Å². The third-order valence-corrected chi connectivity index (χ3v) is 3.02. The van der Waals surface area contributed by atoms with E-state index in [0.29, 0.717) is 26.4 Å². The average Bonchev–Trinajstić information content (AvgIpc) is 2.36. The molecule has 0 fully saturated rings. The van der Waals surface area contributed by atoms with E-state index in [2.05, 4.69) is 5.32 Å². The molecule has 2 N–H and O–H groups in total. The minimum absolute atomic E-state index is 0.337. The highest BCUT2D eigenvalue weighted by Gasteiger charge is 2.34. The summed E-state index contributed by atoms with van der Waals surface area (Å²) in [5.74, 6) is 0. The van der Waals surface area contributed by atoms with E-state index in [1.54, 1.807) is 7.11 Å². The van der Waals surface area contributed by atoms with Gasteiger partial charge in [-0.05, 0) is 11.1 Å². The number of methoxy groups -OCH3 is 1. The summed E-state index contributed by atoms with van der Waals surface area (Å²) in [5.41, 5.74) is 1.11. The number of hydrogen-bond acceptors (Lipinski definition) is 4. The monoisotopic (exact) mass is 237 g/mol. The van der Waals surface area contributed by atoms with Crippen LogP contribution in [0.1, 0.15) is 11.1 Å². The molecule has 0 radical (unpaired) electrons. The number of hydrogen-bond donors (Lipinski definition) is 2. The summed E-state index contributed by atoms with van der Waals surface area (Å²) < 4.78 is 10.4. The maximum Gasteiger partial charge on any atom is 0.126 e. The molecule has 0 saturated carbocycles. The van der Waals surface area contributed by atoms with Gasteiger partial charge in [0.15, 0.2) is 0 Å². The van der Waals surface area contributed by atoms with Gasteiger partial charge in [-0.25, -0.2) is 0 Å². The predicted molar refractivity (Wildman–Crippen MR) is 64.7 cm³/mol. The van der Waals surface area contributed by atoms with Gasteiger partial charge < -0.3 is 19.9 Å².